The molecule has 3 aromatic rings. The number of amides is 1. The second kappa shape index (κ2) is 5.38. The van der Waals surface area contributed by atoms with Crippen LogP contribution in [0.5, 0.6) is 0 Å². The van der Waals surface area contributed by atoms with Gasteiger partial charge in [0.15, 0.2) is 11.6 Å². The summed E-state index contributed by atoms with van der Waals surface area (Å²) in [6.07, 6.45) is 4.81. The summed E-state index contributed by atoms with van der Waals surface area (Å²) in [6, 6.07) is 3.42. The van der Waals surface area contributed by atoms with Crippen LogP contribution < -0.4 is 4.90 Å². The molecule has 4 heterocycles. The normalized spacial score (nSPS) is 15.3. The smallest absolute Gasteiger partial charge is 0.289 e. The summed E-state index contributed by atoms with van der Waals surface area (Å²) in [6.45, 7) is 2.68. The first-order chi connectivity index (χ1) is 11.2. The predicted octanol–water partition coefficient (Wildman–Crippen LogP) is 0.919. The second-order valence-corrected chi connectivity index (χ2v) is 5.46. The van der Waals surface area contributed by atoms with Crippen LogP contribution in [0.4, 0.5) is 5.82 Å². The molecule has 4 rings (SSSR count). The zero-order valence-corrected chi connectivity index (χ0v) is 12.7. The maximum absolute atomic E-state index is 12.3. The molecule has 1 amide bonds. The first-order valence-electron chi connectivity index (χ1n) is 7.44. The van der Waals surface area contributed by atoms with Crippen molar-refractivity contribution in [2.45, 2.75) is 0 Å². The molecule has 8 heteroatoms. The van der Waals surface area contributed by atoms with Gasteiger partial charge in [-0.15, -0.1) is 0 Å². The van der Waals surface area contributed by atoms with E-state index in [9.17, 15) is 4.79 Å². The number of carbonyl (C=O) groups is 1. The SMILES string of the molecule is Cn1ncc2ncnc(N3CCN(C(=O)c4ccco4)CC3)c21. The monoisotopic (exact) mass is 312 g/mol. The number of aromatic nitrogens is 4. The Bertz CT molecular complexity index is 833. The predicted molar refractivity (Wildman–Crippen MR) is 83.1 cm³/mol. The Morgan fingerprint density at radius 2 is 2.04 bits per heavy atom. The number of carbonyl (C=O) groups excluding carboxylic acids is 1. The molecule has 0 saturated carbocycles. The molecular formula is C15H16N6O2. The van der Waals surface area contributed by atoms with Crippen molar-refractivity contribution in [3.05, 3.63) is 36.7 Å². The van der Waals surface area contributed by atoms with Gasteiger partial charge in [-0.2, -0.15) is 5.10 Å². The van der Waals surface area contributed by atoms with Crippen LogP contribution in [0.3, 0.4) is 0 Å². The van der Waals surface area contributed by atoms with Crippen molar-refractivity contribution in [1.29, 1.82) is 0 Å². The average molecular weight is 312 g/mol. The van der Waals surface area contributed by atoms with Gasteiger partial charge in [0.2, 0.25) is 0 Å². The lowest BCUT2D eigenvalue weighted by atomic mass is 10.2. The summed E-state index contributed by atoms with van der Waals surface area (Å²) in [4.78, 5) is 24.9. The molecule has 118 valence electrons. The van der Waals surface area contributed by atoms with Crippen molar-refractivity contribution < 1.29 is 9.21 Å². The third-order valence-electron chi connectivity index (χ3n) is 4.11. The van der Waals surface area contributed by atoms with E-state index in [1.165, 1.54) is 6.26 Å². The van der Waals surface area contributed by atoms with E-state index >= 15 is 0 Å². The van der Waals surface area contributed by atoms with E-state index in [0.717, 1.165) is 16.9 Å². The number of piperazine rings is 1. The summed E-state index contributed by atoms with van der Waals surface area (Å²) in [5.41, 5.74) is 1.74. The molecule has 0 spiro atoms. The summed E-state index contributed by atoms with van der Waals surface area (Å²) in [7, 11) is 1.88. The molecule has 1 fully saturated rings. The minimum absolute atomic E-state index is 0.0667. The molecule has 0 unspecified atom stereocenters. The fraction of sp³-hybridized carbons (Fsp3) is 0.333. The van der Waals surface area contributed by atoms with Crippen molar-refractivity contribution >= 4 is 22.8 Å². The number of rotatable bonds is 2. The van der Waals surface area contributed by atoms with E-state index in [-0.39, 0.29) is 5.91 Å². The van der Waals surface area contributed by atoms with Crippen molar-refractivity contribution in [2.24, 2.45) is 7.05 Å². The highest BCUT2D eigenvalue weighted by Crippen LogP contribution is 2.23. The van der Waals surface area contributed by atoms with Gasteiger partial charge in [-0.05, 0) is 12.1 Å². The maximum atomic E-state index is 12.3. The highest BCUT2D eigenvalue weighted by Gasteiger charge is 2.25. The maximum Gasteiger partial charge on any atom is 0.289 e. The zero-order chi connectivity index (χ0) is 15.8. The molecule has 0 N–H and O–H groups in total. The van der Waals surface area contributed by atoms with Gasteiger partial charge in [0.05, 0.1) is 12.5 Å². The number of fused-ring (bicyclic) bond motifs is 1. The highest BCUT2D eigenvalue weighted by molar-refractivity contribution is 5.91. The van der Waals surface area contributed by atoms with E-state index in [0.29, 0.717) is 31.9 Å². The van der Waals surface area contributed by atoms with E-state index in [4.69, 9.17) is 4.42 Å². The lowest BCUT2D eigenvalue weighted by molar-refractivity contribution is 0.0714. The molecule has 23 heavy (non-hydrogen) atoms. The Balaban J connectivity index is 1.53. The van der Waals surface area contributed by atoms with E-state index in [2.05, 4.69) is 20.0 Å². The van der Waals surface area contributed by atoms with Crippen LogP contribution in [-0.4, -0.2) is 56.7 Å². The van der Waals surface area contributed by atoms with Gasteiger partial charge in [-0.3, -0.25) is 9.48 Å². The topological polar surface area (TPSA) is 80.3 Å². The molecule has 0 radical (unpaired) electrons. The Hall–Kier alpha value is -2.90. The molecule has 0 aliphatic carbocycles. The molecule has 0 atom stereocenters. The molecule has 1 saturated heterocycles. The number of furan rings is 1. The van der Waals surface area contributed by atoms with Crippen molar-refractivity contribution in [3.8, 4) is 0 Å². The Morgan fingerprint density at radius 1 is 1.22 bits per heavy atom. The summed E-state index contributed by atoms with van der Waals surface area (Å²) in [5.74, 6) is 1.18. The Labute approximate surface area is 132 Å². The molecule has 8 nitrogen and oxygen atoms in total. The molecule has 3 aromatic heterocycles. The van der Waals surface area contributed by atoms with E-state index in [1.807, 2.05) is 7.05 Å². The van der Waals surface area contributed by atoms with Crippen LogP contribution in [0.1, 0.15) is 10.6 Å². The van der Waals surface area contributed by atoms with Crippen molar-refractivity contribution in [1.82, 2.24) is 24.6 Å². The van der Waals surface area contributed by atoms with Crippen LogP contribution in [0.15, 0.2) is 35.3 Å². The second-order valence-electron chi connectivity index (χ2n) is 5.46. The highest BCUT2D eigenvalue weighted by atomic mass is 16.3. The summed E-state index contributed by atoms with van der Waals surface area (Å²) in [5, 5.41) is 4.24. The quantitative estimate of drug-likeness (QED) is 0.700. The summed E-state index contributed by atoms with van der Waals surface area (Å²) < 4.78 is 6.97. The minimum atomic E-state index is -0.0667. The standard InChI is InChI=1S/C15H16N6O2/c1-19-13-11(9-18-19)16-10-17-14(13)20-4-6-21(7-5-20)15(22)12-3-2-8-23-12/h2-3,8-10H,4-7H2,1H3. The van der Waals surface area contributed by atoms with Crippen LogP contribution in [0.2, 0.25) is 0 Å². The van der Waals surface area contributed by atoms with Crippen LogP contribution in [0.25, 0.3) is 11.0 Å². The number of nitrogens with zero attached hydrogens (tertiary/aromatic N) is 6. The first kappa shape index (κ1) is 13.7. The van der Waals surface area contributed by atoms with Gasteiger partial charge in [0, 0.05) is 33.2 Å². The van der Waals surface area contributed by atoms with Crippen LogP contribution >= 0.6 is 0 Å². The Morgan fingerprint density at radius 3 is 2.78 bits per heavy atom. The number of hydrogen-bond acceptors (Lipinski definition) is 6. The van der Waals surface area contributed by atoms with Crippen LogP contribution in [-0.2, 0) is 7.05 Å². The van der Waals surface area contributed by atoms with Crippen molar-refractivity contribution in [3.63, 3.8) is 0 Å². The fourth-order valence-electron chi connectivity index (χ4n) is 2.90. The molecular weight excluding hydrogens is 296 g/mol. The van der Waals surface area contributed by atoms with Gasteiger partial charge in [-0.1, -0.05) is 0 Å². The molecule has 0 bridgehead atoms. The van der Waals surface area contributed by atoms with Crippen LogP contribution in [0, 0.1) is 0 Å². The lowest BCUT2D eigenvalue weighted by Gasteiger charge is -2.35. The number of anilines is 1. The minimum Gasteiger partial charge on any atom is -0.459 e. The van der Waals surface area contributed by atoms with Gasteiger partial charge >= 0.3 is 0 Å². The third-order valence-corrected chi connectivity index (χ3v) is 4.11. The molecule has 0 aromatic carbocycles. The third kappa shape index (κ3) is 2.32. The number of hydrogen-bond donors (Lipinski definition) is 0. The van der Waals surface area contributed by atoms with Gasteiger partial charge in [0.25, 0.3) is 5.91 Å². The lowest BCUT2D eigenvalue weighted by Crippen LogP contribution is -2.49. The average Bonchev–Trinajstić information content (AvgIpc) is 3.25. The van der Waals surface area contributed by atoms with Gasteiger partial charge in [0.1, 0.15) is 17.4 Å². The molecule has 1 aliphatic heterocycles. The van der Waals surface area contributed by atoms with Gasteiger partial charge < -0.3 is 14.2 Å². The first-order valence-corrected chi connectivity index (χ1v) is 7.44. The van der Waals surface area contributed by atoms with E-state index in [1.54, 1.807) is 34.2 Å². The zero-order valence-electron chi connectivity index (χ0n) is 12.7. The van der Waals surface area contributed by atoms with E-state index < -0.39 is 0 Å². The van der Waals surface area contributed by atoms with Crippen molar-refractivity contribution in [2.75, 3.05) is 31.1 Å². The van der Waals surface area contributed by atoms with Gasteiger partial charge in [-0.25, -0.2) is 9.97 Å². The fourth-order valence-corrected chi connectivity index (χ4v) is 2.90. The Kier molecular flexibility index (Phi) is 3.22. The number of aryl methyl sites for hydroxylation is 1. The molecule has 1 aliphatic rings. The largest absolute Gasteiger partial charge is 0.459 e. The summed E-state index contributed by atoms with van der Waals surface area (Å²) >= 11 is 0.